The van der Waals surface area contributed by atoms with Crippen LogP contribution in [0.1, 0.15) is 19.8 Å². The van der Waals surface area contributed by atoms with Crippen LogP contribution in [0.15, 0.2) is 35.4 Å². The standard InChI is InChI=1S/C15H22N2OSe/c1-13(19-15-8-4-3-5-9-15)11-16-17-10-6-7-14(17)12-18-2/h3-5,8-9,11,13-14H,6-7,10,12H2,1-2H3/b16-11+/t13-,14?/m0/s1. The first kappa shape index (κ1) is 14.6. The molecule has 1 fully saturated rings. The van der Waals surface area contributed by atoms with E-state index in [0.717, 1.165) is 13.2 Å². The fourth-order valence-electron chi connectivity index (χ4n) is 2.26. The third-order valence-corrected chi connectivity index (χ3v) is 5.37. The van der Waals surface area contributed by atoms with Gasteiger partial charge in [-0.15, -0.1) is 0 Å². The van der Waals surface area contributed by atoms with Crippen LogP contribution in [0.3, 0.4) is 0 Å². The van der Waals surface area contributed by atoms with Gasteiger partial charge in [-0.1, -0.05) is 0 Å². The Kier molecular flexibility index (Phi) is 5.90. The number of rotatable bonds is 6. The normalized spacial score (nSPS) is 21.2. The first-order valence-electron chi connectivity index (χ1n) is 6.81. The molecule has 0 spiro atoms. The minimum absolute atomic E-state index is 0.460. The molecule has 0 bridgehead atoms. The van der Waals surface area contributed by atoms with E-state index in [9.17, 15) is 0 Å². The zero-order valence-corrected chi connectivity index (χ0v) is 13.4. The van der Waals surface area contributed by atoms with Gasteiger partial charge in [0.15, 0.2) is 0 Å². The topological polar surface area (TPSA) is 24.8 Å². The van der Waals surface area contributed by atoms with Crippen molar-refractivity contribution in [2.45, 2.75) is 30.6 Å². The molecule has 1 aromatic carbocycles. The van der Waals surface area contributed by atoms with Gasteiger partial charge in [-0.2, -0.15) is 0 Å². The number of hydrazone groups is 1. The average molecular weight is 325 g/mol. The van der Waals surface area contributed by atoms with Crippen molar-refractivity contribution < 1.29 is 4.74 Å². The van der Waals surface area contributed by atoms with E-state index in [1.165, 1.54) is 17.3 Å². The molecule has 1 aliphatic rings. The minimum atomic E-state index is 0.460. The maximum absolute atomic E-state index is 5.25. The summed E-state index contributed by atoms with van der Waals surface area (Å²) in [6, 6.07) is 11.2. The first-order chi connectivity index (χ1) is 9.29. The van der Waals surface area contributed by atoms with Crippen LogP contribution >= 0.6 is 0 Å². The Morgan fingerprint density at radius 3 is 3.00 bits per heavy atom. The van der Waals surface area contributed by atoms with Gasteiger partial charge in [0.1, 0.15) is 0 Å². The van der Waals surface area contributed by atoms with E-state index in [1.54, 1.807) is 7.11 Å². The summed E-state index contributed by atoms with van der Waals surface area (Å²) < 4.78 is 6.68. The Morgan fingerprint density at radius 2 is 2.26 bits per heavy atom. The van der Waals surface area contributed by atoms with Crippen LogP contribution in [0.4, 0.5) is 0 Å². The van der Waals surface area contributed by atoms with Gasteiger partial charge in [0.2, 0.25) is 0 Å². The van der Waals surface area contributed by atoms with Crippen LogP contribution in [-0.2, 0) is 4.74 Å². The van der Waals surface area contributed by atoms with E-state index in [1.807, 2.05) is 0 Å². The monoisotopic (exact) mass is 326 g/mol. The average Bonchev–Trinajstić information content (AvgIpc) is 2.85. The van der Waals surface area contributed by atoms with Crippen LogP contribution in [0, 0.1) is 0 Å². The molecule has 0 aromatic heterocycles. The quantitative estimate of drug-likeness (QED) is 0.590. The summed E-state index contributed by atoms with van der Waals surface area (Å²) in [5, 5.41) is 6.86. The van der Waals surface area contributed by atoms with Gasteiger partial charge in [-0.3, -0.25) is 0 Å². The second kappa shape index (κ2) is 7.68. The van der Waals surface area contributed by atoms with Gasteiger partial charge in [0, 0.05) is 0 Å². The van der Waals surface area contributed by atoms with Gasteiger partial charge < -0.3 is 0 Å². The Morgan fingerprint density at radius 1 is 1.47 bits per heavy atom. The second-order valence-corrected chi connectivity index (χ2v) is 7.86. The van der Waals surface area contributed by atoms with Gasteiger partial charge >= 0.3 is 122 Å². The summed E-state index contributed by atoms with van der Waals surface area (Å²) in [6.07, 6.45) is 4.54. The molecule has 2 atom stereocenters. The molecule has 1 aliphatic heterocycles. The van der Waals surface area contributed by atoms with E-state index in [2.05, 4.69) is 53.6 Å². The number of hydrogen-bond acceptors (Lipinski definition) is 3. The van der Waals surface area contributed by atoms with E-state index >= 15 is 0 Å². The predicted octanol–water partition coefficient (Wildman–Crippen LogP) is 1.92. The first-order valence-corrected chi connectivity index (χ1v) is 8.65. The molecule has 1 aromatic rings. The van der Waals surface area contributed by atoms with Crippen molar-refractivity contribution in [2.24, 2.45) is 5.10 Å². The predicted molar refractivity (Wildman–Crippen MR) is 81.4 cm³/mol. The zero-order valence-electron chi connectivity index (χ0n) is 11.7. The second-order valence-electron chi connectivity index (χ2n) is 4.82. The molecule has 0 N–H and O–H groups in total. The zero-order chi connectivity index (χ0) is 13.5. The third kappa shape index (κ3) is 4.64. The summed E-state index contributed by atoms with van der Waals surface area (Å²) in [5.74, 6) is 0. The molecule has 0 saturated carbocycles. The van der Waals surface area contributed by atoms with Crippen molar-refractivity contribution in [3.05, 3.63) is 30.3 Å². The van der Waals surface area contributed by atoms with Gasteiger partial charge in [-0.25, -0.2) is 0 Å². The van der Waals surface area contributed by atoms with Crippen molar-refractivity contribution in [2.75, 3.05) is 20.3 Å². The fraction of sp³-hybridized carbons (Fsp3) is 0.533. The molecule has 3 nitrogen and oxygen atoms in total. The number of ether oxygens (including phenoxy) is 1. The molecule has 4 heteroatoms. The van der Waals surface area contributed by atoms with Crippen molar-refractivity contribution >= 4 is 25.6 Å². The summed E-state index contributed by atoms with van der Waals surface area (Å²) in [4.78, 5) is 0.527. The Balaban J connectivity index is 1.84. The fourth-order valence-corrected chi connectivity index (χ4v) is 4.06. The third-order valence-electron chi connectivity index (χ3n) is 3.20. The molecule has 0 radical (unpaired) electrons. The number of nitrogens with zero attached hydrogens (tertiary/aromatic N) is 2. The Bertz CT molecular complexity index is 396. The molecule has 0 amide bonds. The summed E-state index contributed by atoms with van der Waals surface area (Å²) >= 11 is 0.460. The van der Waals surface area contributed by atoms with Crippen LogP contribution in [0.25, 0.3) is 0 Å². The number of hydrogen-bond donors (Lipinski definition) is 0. The number of methoxy groups -OCH3 is 1. The van der Waals surface area contributed by atoms with Crippen LogP contribution < -0.4 is 4.46 Å². The SMILES string of the molecule is COCC1CCCN1/N=C/[C@H](C)[Se]c1ccccc1. The summed E-state index contributed by atoms with van der Waals surface area (Å²) in [7, 11) is 1.77. The summed E-state index contributed by atoms with van der Waals surface area (Å²) in [5.41, 5.74) is 0. The maximum atomic E-state index is 5.25. The van der Waals surface area contributed by atoms with Gasteiger partial charge in [0.05, 0.1) is 0 Å². The van der Waals surface area contributed by atoms with Crippen LogP contribution in [0.5, 0.6) is 0 Å². The number of benzene rings is 1. The molecule has 2 rings (SSSR count). The van der Waals surface area contributed by atoms with Crippen LogP contribution in [-0.4, -0.2) is 52.5 Å². The van der Waals surface area contributed by atoms with E-state index in [4.69, 9.17) is 4.74 Å². The van der Waals surface area contributed by atoms with Crippen molar-refractivity contribution in [3.8, 4) is 0 Å². The van der Waals surface area contributed by atoms with Crippen LogP contribution in [0.2, 0.25) is 4.82 Å². The molecule has 1 saturated heterocycles. The van der Waals surface area contributed by atoms with E-state index < -0.39 is 0 Å². The molecule has 19 heavy (non-hydrogen) atoms. The van der Waals surface area contributed by atoms with Gasteiger partial charge in [0.25, 0.3) is 0 Å². The van der Waals surface area contributed by atoms with E-state index in [-0.39, 0.29) is 0 Å². The molecular weight excluding hydrogens is 303 g/mol. The molecular formula is C15H22N2OSe. The Labute approximate surface area is 122 Å². The van der Waals surface area contributed by atoms with E-state index in [0.29, 0.717) is 25.8 Å². The van der Waals surface area contributed by atoms with Crippen molar-refractivity contribution in [3.63, 3.8) is 0 Å². The van der Waals surface area contributed by atoms with Crippen molar-refractivity contribution in [1.82, 2.24) is 5.01 Å². The molecule has 1 unspecified atom stereocenters. The molecule has 0 aliphatic carbocycles. The molecule has 104 valence electrons. The Hall–Kier alpha value is -0.831. The van der Waals surface area contributed by atoms with Crippen molar-refractivity contribution in [1.29, 1.82) is 0 Å². The van der Waals surface area contributed by atoms with Gasteiger partial charge in [-0.05, 0) is 0 Å². The summed E-state index contributed by atoms with van der Waals surface area (Å²) in [6.45, 7) is 4.10. The molecule has 1 heterocycles.